The van der Waals surface area contributed by atoms with Gasteiger partial charge < -0.3 is 5.32 Å². The number of nitro benzene ring substituents is 1. The molecule has 0 spiro atoms. The minimum atomic E-state index is -0.446. The number of benzene rings is 2. The first kappa shape index (κ1) is 19.4. The first-order valence-electron chi connectivity index (χ1n) is 7.87. The molecule has 0 fully saturated rings. The molecule has 0 atom stereocenters. The Morgan fingerprint density at radius 2 is 1.81 bits per heavy atom. The molecule has 138 valence electrons. The van der Waals surface area contributed by atoms with E-state index in [4.69, 9.17) is 0 Å². The zero-order valence-electron chi connectivity index (χ0n) is 14.2. The van der Waals surface area contributed by atoms with Crippen molar-refractivity contribution in [2.24, 2.45) is 0 Å². The van der Waals surface area contributed by atoms with Crippen molar-refractivity contribution in [1.29, 1.82) is 0 Å². The first-order chi connectivity index (χ1) is 13.0. The van der Waals surface area contributed by atoms with Crippen molar-refractivity contribution in [3.63, 3.8) is 0 Å². The van der Waals surface area contributed by atoms with Crippen molar-refractivity contribution in [1.82, 2.24) is 4.98 Å². The van der Waals surface area contributed by atoms with E-state index in [-0.39, 0.29) is 17.3 Å². The van der Waals surface area contributed by atoms with Crippen molar-refractivity contribution in [3.8, 4) is 0 Å². The van der Waals surface area contributed by atoms with Gasteiger partial charge in [0, 0.05) is 38.7 Å². The largest absolute Gasteiger partial charge is 0.325 e. The van der Waals surface area contributed by atoms with Crippen LogP contribution in [-0.2, 0) is 4.79 Å². The highest BCUT2D eigenvalue weighted by Crippen LogP contribution is 2.31. The maximum absolute atomic E-state index is 12.1. The Balaban J connectivity index is 1.49. The van der Waals surface area contributed by atoms with E-state index in [1.54, 1.807) is 35.2 Å². The number of carbonyl (C=O) groups is 1. The number of hydrogen-bond donors (Lipinski definition) is 1. The number of thiazole rings is 1. The second-order valence-electron chi connectivity index (χ2n) is 5.47. The van der Waals surface area contributed by atoms with Crippen LogP contribution in [0.1, 0.15) is 5.69 Å². The standard InChI is InChI=1S/C18H15N3O3S3/c1-12-10-26-18(19-12)27-16-6-2-13(3-7-16)20-17(22)11-25-15-8-4-14(5-9-15)21(23)24/h2-10H,11H2,1H3,(H,20,22). The highest BCUT2D eigenvalue weighted by atomic mass is 32.2. The van der Waals surface area contributed by atoms with E-state index in [1.807, 2.05) is 36.6 Å². The predicted octanol–water partition coefficient (Wildman–Crippen LogP) is 5.24. The molecule has 0 unspecified atom stereocenters. The van der Waals surface area contributed by atoms with Crippen LogP contribution in [0.15, 0.2) is 68.0 Å². The summed E-state index contributed by atoms with van der Waals surface area (Å²) in [5.74, 6) is 0.0986. The molecular weight excluding hydrogens is 402 g/mol. The molecule has 0 bridgehead atoms. The molecule has 2 aromatic carbocycles. The van der Waals surface area contributed by atoms with Gasteiger partial charge in [0.15, 0.2) is 4.34 Å². The second-order valence-corrected chi connectivity index (χ2v) is 8.70. The molecule has 0 aliphatic rings. The van der Waals surface area contributed by atoms with Crippen LogP contribution < -0.4 is 5.32 Å². The van der Waals surface area contributed by atoms with Crippen LogP contribution in [0, 0.1) is 17.0 Å². The molecular formula is C18H15N3O3S3. The summed E-state index contributed by atoms with van der Waals surface area (Å²) in [7, 11) is 0. The van der Waals surface area contributed by atoms with E-state index in [0.717, 1.165) is 25.5 Å². The number of non-ortho nitro benzene ring substituents is 1. The lowest BCUT2D eigenvalue weighted by atomic mass is 10.3. The number of aromatic nitrogens is 1. The number of nitro groups is 1. The predicted molar refractivity (Wildman–Crippen MR) is 110 cm³/mol. The normalized spacial score (nSPS) is 10.6. The lowest BCUT2D eigenvalue weighted by Crippen LogP contribution is -2.13. The Bertz CT molecular complexity index is 940. The number of amides is 1. The first-order valence-corrected chi connectivity index (χ1v) is 10.5. The number of thioether (sulfide) groups is 1. The smallest absolute Gasteiger partial charge is 0.269 e. The Labute approximate surface area is 168 Å². The molecule has 0 saturated heterocycles. The molecule has 3 aromatic rings. The fraction of sp³-hybridized carbons (Fsp3) is 0.111. The third-order valence-electron chi connectivity index (χ3n) is 3.36. The van der Waals surface area contributed by atoms with E-state index in [0.29, 0.717) is 0 Å². The molecule has 1 N–H and O–H groups in total. The molecule has 1 amide bonds. The average molecular weight is 418 g/mol. The van der Waals surface area contributed by atoms with Crippen molar-refractivity contribution in [2.75, 3.05) is 11.1 Å². The molecule has 0 radical (unpaired) electrons. The van der Waals surface area contributed by atoms with Crippen molar-refractivity contribution in [3.05, 3.63) is 69.7 Å². The van der Waals surface area contributed by atoms with E-state index < -0.39 is 4.92 Å². The van der Waals surface area contributed by atoms with Crippen LogP contribution in [-0.4, -0.2) is 21.6 Å². The fourth-order valence-electron chi connectivity index (χ4n) is 2.10. The Morgan fingerprint density at radius 3 is 2.41 bits per heavy atom. The molecule has 9 heteroatoms. The number of hydrogen-bond acceptors (Lipinski definition) is 7. The summed E-state index contributed by atoms with van der Waals surface area (Å²) >= 11 is 4.53. The van der Waals surface area contributed by atoms with Gasteiger partial charge in [0.1, 0.15) is 0 Å². The summed E-state index contributed by atoms with van der Waals surface area (Å²) in [5.41, 5.74) is 1.77. The summed E-state index contributed by atoms with van der Waals surface area (Å²) < 4.78 is 0.990. The molecule has 27 heavy (non-hydrogen) atoms. The highest BCUT2D eigenvalue weighted by molar-refractivity contribution is 8.01. The van der Waals surface area contributed by atoms with E-state index >= 15 is 0 Å². The number of aryl methyl sites for hydroxylation is 1. The molecule has 3 rings (SSSR count). The van der Waals surface area contributed by atoms with E-state index in [9.17, 15) is 14.9 Å². The van der Waals surface area contributed by atoms with Gasteiger partial charge >= 0.3 is 0 Å². The van der Waals surface area contributed by atoms with Gasteiger partial charge in [-0.25, -0.2) is 4.98 Å². The van der Waals surface area contributed by atoms with Crippen molar-refractivity contribution < 1.29 is 9.72 Å². The SMILES string of the molecule is Cc1csc(Sc2ccc(NC(=O)CSc3ccc([N+](=O)[O-])cc3)cc2)n1. The van der Waals surface area contributed by atoms with Gasteiger partial charge in [-0.15, -0.1) is 23.1 Å². The molecule has 0 aliphatic carbocycles. The third-order valence-corrected chi connectivity index (χ3v) is 6.44. The van der Waals surface area contributed by atoms with Gasteiger partial charge in [-0.1, -0.05) is 11.8 Å². The number of nitrogens with zero attached hydrogens (tertiary/aromatic N) is 2. The monoisotopic (exact) mass is 417 g/mol. The minimum absolute atomic E-state index is 0.0367. The van der Waals surface area contributed by atoms with Gasteiger partial charge in [0.25, 0.3) is 5.69 Å². The summed E-state index contributed by atoms with van der Waals surface area (Å²) in [6.45, 7) is 1.97. The zero-order valence-corrected chi connectivity index (χ0v) is 16.7. The summed E-state index contributed by atoms with van der Waals surface area (Å²) in [6, 6.07) is 13.8. The van der Waals surface area contributed by atoms with Crippen LogP contribution >= 0.6 is 34.9 Å². The summed E-state index contributed by atoms with van der Waals surface area (Å²) in [4.78, 5) is 28.6. The van der Waals surface area contributed by atoms with Gasteiger partial charge in [-0.05, 0) is 43.3 Å². The van der Waals surface area contributed by atoms with Gasteiger partial charge in [-0.3, -0.25) is 14.9 Å². The third kappa shape index (κ3) is 5.81. The van der Waals surface area contributed by atoms with Crippen molar-refractivity contribution >= 4 is 52.1 Å². The maximum Gasteiger partial charge on any atom is 0.269 e. The van der Waals surface area contributed by atoms with Gasteiger partial charge in [0.05, 0.1) is 10.7 Å². The van der Waals surface area contributed by atoms with E-state index in [1.165, 1.54) is 23.9 Å². The Kier molecular flexibility index (Phi) is 6.49. The van der Waals surface area contributed by atoms with Gasteiger partial charge in [-0.2, -0.15) is 0 Å². The maximum atomic E-state index is 12.1. The minimum Gasteiger partial charge on any atom is -0.325 e. The zero-order chi connectivity index (χ0) is 19.2. The van der Waals surface area contributed by atoms with Gasteiger partial charge in [0.2, 0.25) is 5.91 Å². The number of rotatable bonds is 7. The molecule has 1 aromatic heterocycles. The summed E-state index contributed by atoms with van der Waals surface area (Å²) in [5, 5.41) is 15.5. The van der Waals surface area contributed by atoms with E-state index in [2.05, 4.69) is 10.3 Å². The lowest BCUT2D eigenvalue weighted by molar-refractivity contribution is -0.384. The van der Waals surface area contributed by atoms with Crippen LogP contribution in [0.25, 0.3) is 0 Å². The fourth-order valence-corrected chi connectivity index (χ4v) is 4.60. The van der Waals surface area contributed by atoms with Crippen LogP contribution in [0.3, 0.4) is 0 Å². The number of anilines is 1. The van der Waals surface area contributed by atoms with Crippen LogP contribution in [0.2, 0.25) is 0 Å². The number of carbonyl (C=O) groups excluding carboxylic acids is 1. The molecule has 0 saturated carbocycles. The Morgan fingerprint density at radius 1 is 1.15 bits per heavy atom. The second kappa shape index (κ2) is 9.03. The number of nitrogens with one attached hydrogen (secondary N) is 1. The highest BCUT2D eigenvalue weighted by Gasteiger charge is 2.08. The average Bonchev–Trinajstić information content (AvgIpc) is 3.07. The lowest BCUT2D eigenvalue weighted by Gasteiger charge is -2.06. The van der Waals surface area contributed by atoms with Crippen LogP contribution in [0.5, 0.6) is 0 Å². The molecule has 0 aliphatic heterocycles. The molecule has 1 heterocycles. The topological polar surface area (TPSA) is 85.1 Å². The van der Waals surface area contributed by atoms with Crippen molar-refractivity contribution in [2.45, 2.75) is 21.1 Å². The molecule has 6 nitrogen and oxygen atoms in total. The summed E-state index contributed by atoms with van der Waals surface area (Å²) in [6.07, 6.45) is 0. The van der Waals surface area contributed by atoms with Crippen LogP contribution in [0.4, 0.5) is 11.4 Å². The quantitative estimate of drug-likeness (QED) is 0.321. The Hall–Kier alpha value is -2.36.